The van der Waals surface area contributed by atoms with E-state index in [4.69, 9.17) is 34.8 Å². The summed E-state index contributed by atoms with van der Waals surface area (Å²) >= 11 is 17.6. The van der Waals surface area contributed by atoms with E-state index in [-0.39, 0.29) is 5.02 Å². The van der Waals surface area contributed by atoms with E-state index in [1.54, 1.807) is 25.2 Å². The number of benzene rings is 2. The van der Waals surface area contributed by atoms with Crippen molar-refractivity contribution in [1.29, 1.82) is 0 Å². The second-order valence-electron chi connectivity index (χ2n) is 6.01. The molecule has 2 aromatic carbocycles. The van der Waals surface area contributed by atoms with Gasteiger partial charge in [-0.3, -0.25) is 0 Å². The Morgan fingerprint density at radius 1 is 0.893 bits per heavy atom. The molecule has 0 aliphatic carbocycles. The maximum atomic E-state index is 13.1. The van der Waals surface area contributed by atoms with Gasteiger partial charge in [0, 0.05) is 25.2 Å². The van der Waals surface area contributed by atoms with Crippen LogP contribution in [0.15, 0.2) is 48.8 Å². The van der Waals surface area contributed by atoms with E-state index in [1.807, 2.05) is 6.07 Å². The molecule has 1 aromatic heterocycles. The molecule has 0 spiro atoms. The first-order chi connectivity index (χ1) is 13.1. The first-order valence-corrected chi connectivity index (χ1v) is 9.14. The predicted octanol–water partition coefficient (Wildman–Crippen LogP) is 6.81. The summed E-state index contributed by atoms with van der Waals surface area (Å²) in [5.74, 6) is 0.445. The van der Waals surface area contributed by atoms with Gasteiger partial charge in [-0.2, -0.15) is 13.2 Å². The highest BCUT2D eigenvalue weighted by Crippen LogP contribution is 2.37. The van der Waals surface area contributed by atoms with Crippen molar-refractivity contribution in [2.75, 3.05) is 11.9 Å². The largest absolute Gasteiger partial charge is 0.417 e. The smallest absolute Gasteiger partial charge is 0.329 e. The van der Waals surface area contributed by atoms with Gasteiger partial charge < -0.3 is 4.90 Å². The molecule has 0 aliphatic rings. The van der Waals surface area contributed by atoms with Crippen molar-refractivity contribution in [3.63, 3.8) is 0 Å². The minimum absolute atomic E-state index is 0.302. The molecule has 0 amide bonds. The van der Waals surface area contributed by atoms with Crippen LogP contribution < -0.4 is 4.90 Å². The van der Waals surface area contributed by atoms with Gasteiger partial charge in [-0.1, -0.05) is 40.9 Å². The number of anilines is 2. The molecule has 3 aromatic rings. The summed E-state index contributed by atoms with van der Waals surface area (Å²) < 4.78 is 39.3. The number of aromatic nitrogens is 2. The SMILES string of the molecule is CN(c1ccc(Cl)c(C(F)(F)F)c1)c1cc(Cc2ccc(Cl)c(Cl)c2)ncn1. The monoisotopic (exact) mass is 445 g/mol. The fourth-order valence-electron chi connectivity index (χ4n) is 2.60. The lowest BCUT2D eigenvalue weighted by Crippen LogP contribution is -2.14. The molecule has 0 N–H and O–H groups in total. The minimum atomic E-state index is -4.54. The third-order valence-electron chi connectivity index (χ3n) is 4.06. The quantitative estimate of drug-likeness (QED) is 0.440. The standard InChI is InChI=1S/C19H13Cl3F3N3/c1-28(13-3-5-15(20)14(9-13)19(23,24)25)18-8-12(26-10-27-18)6-11-2-4-16(21)17(22)7-11/h2-5,7-10H,6H2,1H3. The van der Waals surface area contributed by atoms with Crippen molar-refractivity contribution >= 4 is 46.3 Å². The van der Waals surface area contributed by atoms with Crippen LogP contribution in [0.4, 0.5) is 24.7 Å². The molecule has 3 nitrogen and oxygen atoms in total. The van der Waals surface area contributed by atoms with Gasteiger partial charge >= 0.3 is 6.18 Å². The van der Waals surface area contributed by atoms with Crippen molar-refractivity contribution in [2.24, 2.45) is 0 Å². The first kappa shape index (κ1) is 20.7. The fraction of sp³-hybridized carbons (Fsp3) is 0.158. The number of alkyl halides is 3. The molecule has 0 bridgehead atoms. The van der Waals surface area contributed by atoms with Crippen molar-refractivity contribution in [2.45, 2.75) is 12.6 Å². The fourth-order valence-corrected chi connectivity index (χ4v) is 3.14. The topological polar surface area (TPSA) is 29.0 Å². The molecule has 0 radical (unpaired) electrons. The molecule has 28 heavy (non-hydrogen) atoms. The zero-order valence-electron chi connectivity index (χ0n) is 14.4. The van der Waals surface area contributed by atoms with Crippen molar-refractivity contribution < 1.29 is 13.2 Å². The molecule has 0 fully saturated rings. The molecule has 146 valence electrons. The summed E-state index contributed by atoms with van der Waals surface area (Å²) in [7, 11) is 1.62. The van der Waals surface area contributed by atoms with Crippen molar-refractivity contribution in [1.82, 2.24) is 9.97 Å². The van der Waals surface area contributed by atoms with Gasteiger partial charge in [-0.15, -0.1) is 0 Å². The van der Waals surface area contributed by atoms with Crippen LogP contribution in [-0.4, -0.2) is 17.0 Å². The lowest BCUT2D eigenvalue weighted by atomic mass is 10.1. The van der Waals surface area contributed by atoms with Crippen LogP contribution in [0.2, 0.25) is 15.1 Å². The Hall–Kier alpha value is -2.02. The summed E-state index contributed by atoms with van der Waals surface area (Å²) in [5, 5.41) is 0.538. The normalized spacial score (nSPS) is 11.5. The van der Waals surface area contributed by atoms with E-state index in [2.05, 4.69) is 9.97 Å². The molecular formula is C19H13Cl3F3N3. The molecule has 0 unspecified atom stereocenters. The third-order valence-corrected chi connectivity index (χ3v) is 5.13. The summed E-state index contributed by atoms with van der Waals surface area (Å²) in [6, 6.07) is 10.7. The van der Waals surface area contributed by atoms with E-state index >= 15 is 0 Å². The minimum Gasteiger partial charge on any atom is -0.329 e. The Morgan fingerprint density at radius 3 is 2.29 bits per heavy atom. The van der Waals surface area contributed by atoms with Crippen LogP contribution in [0.3, 0.4) is 0 Å². The third kappa shape index (κ3) is 4.69. The average Bonchev–Trinajstić information content (AvgIpc) is 2.64. The number of nitrogens with zero attached hydrogens (tertiary/aromatic N) is 3. The number of hydrogen-bond donors (Lipinski definition) is 0. The molecule has 1 heterocycles. The lowest BCUT2D eigenvalue weighted by molar-refractivity contribution is -0.137. The van der Waals surface area contributed by atoms with Crippen LogP contribution in [0.1, 0.15) is 16.8 Å². The van der Waals surface area contributed by atoms with Crippen molar-refractivity contribution in [3.05, 3.63) is 80.7 Å². The highest BCUT2D eigenvalue weighted by molar-refractivity contribution is 6.42. The predicted molar refractivity (Wildman–Crippen MR) is 106 cm³/mol. The van der Waals surface area contributed by atoms with E-state index in [0.717, 1.165) is 11.6 Å². The molecule has 0 aliphatic heterocycles. The summed E-state index contributed by atoms with van der Waals surface area (Å²) in [6.45, 7) is 0. The maximum Gasteiger partial charge on any atom is 0.417 e. The second-order valence-corrected chi connectivity index (χ2v) is 7.24. The van der Waals surface area contributed by atoms with Gasteiger partial charge in [0.2, 0.25) is 0 Å². The Morgan fingerprint density at radius 2 is 1.61 bits per heavy atom. The number of hydrogen-bond acceptors (Lipinski definition) is 3. The van der Waals surface area contributed by atoms with E-state index in [9.17, 15) is 13.2 Å². The van der Waals surface area contributed by atoms with Crippen LogP contribution in [-0.2, 0) is 12.6 Å². The molecular weight excluding hydrogens is 434 g/mol. The second kappa shape index (κ2) is 8.15. The Labute approximate surface area is 174 Å². The molecule has 0 saturated heterocycles. The van der Waals surface area contributed by atoms with Gasteiger partial charge in [-0.25, -0.2) is 9.97 Å². The van der Waals surface area contributed by atoms with Gasteiger partial charge in [0.15, 0.2) is 0 Å². The van der Waals surface area contributed by atoms with E-state index < -0.39 is 11.7 Å². The Kier molecular flexibility index (Phi) is 6.03. The Balaban J connectivity index is 1.88. The van der Waals surface area contributed by atoms with Gasteiger partial charge in [0.1, 0.15) is 12.1 Å². The van der Waals surface area contributed by atoms with E-state index in [1.165, 1.54) is 23.4 Å². The van der Waals surface area contributed by atoms with Gasteiger partial charge in [-0.05, 0) is 35.9 Å². The van der Waals surface area contributed by atoms with Gasteiger partial charge in [0.05, 0.1) is 26.3 Å². The lowest BCUT2D eigenvalue weighted by Gasteiger charge is -2.20. The highest BCUT2D eigenvalue weighted by atomic mass is 35.5. The van der Waals surface area contributed by atoms with Gasteiger partial charge in [0.25, 0.3) is 0 Å². The van der Waals surface area contributed by atoms with E-state index in [0.29, 0.717) is 33.7 Å². The zero-order valence-corrected chi connectivity index (χ0v) is 16.7. The van der Waals surface area contributed by atoms with Crippen molar-refractivity contribution in [3.8, 4) is 0 Å². The van der Waals surface area contributed by atoms with Crippen LogP contribution in [0.25, 0.3) is 0 Å². The van der Waals surface area contributed by atoms with Crippen LogP contribution in [0.5, 0.6) is 0 Å². The number of halogens is 6. The number of rotatable bonds is 4. The molecule has 9 heteroatoms. The van der Waals surface area contributed by atoms with Crippen LogP contribution >= 0.6 is 34.8 Å². The Bertz CT molecular complexity index is 1010. The molecule has 0 atom stereocenters. The average molecular weight is 447 g/mol. The zero-order chi connectivity index (χ0) is 20.5. The van der Waals surface area contributed by atoms with Crippen LogP contribution in [0, 0.1) is 0 Å². The summed E-state index contributed by atoms with van der Waals surface area (Å²) in [4.78, 5) is 9.91. The highest BCUT2D eigenvalue weighted by Gasteiger charge is 2.33. The molecule has 3 rings (SSSR count). The maximum absolute atomic E-state index is 13.1. The summed E-state index contributed by atoms with van der Waals surface area (Å²) in [6.07, 6.45) is -2.72. The molecule has 0 saturated carbocycles. The summed E-state index contributed by atoms with van der Waals surface area (Å²) in [5.41, 5.74) is 0.979. The first-order valence-electron chi connectivity index (χ1n) is 8.00.